The summed E-state index contributed by atoms with van der Waals surface area (Å²) in [6.07, 6.45) is -5.58. The summed E-state index contributed by atoms with van der Waals surface area (Å²) in [5, 5.41) is 81.9. The standard InChI is InChI=1S/C48H79N13O18/c1-22(2)35(44(74)54-28(15-11-12-16-49)39(69)52-23(3)48(78)79)58-46(76)38(26(6)66)61(7)47(77)37(25(5)65)60-43(73)32(21-63)57-45(75)36(24(4)64)59-41(71)29(17-27-13-9-8-10-14-27)55-40(70)30(18-33(51)67)56-42(72)31(20-62)53-34(68)19-50/h8-10,13-14,22-26,28-32,35-38,62-66H,11-12,15-21,49-50H2,1-7H3,(H2,51,67)(H,52,69)(H,53,68)(H,54,74)(H,55,70)(H,56,72)(H,57,75)(H,58,76)(H,59,71)(H,60,73)(H,78,79)/t23-,24+,25+,26+,28-,29-,30-,31-,32-,35-,36-,37-,38-/m0/s1. The van der Waals surface area contributed by atoms with Crippen LogP contribution in [0.25, 0.3) is 0 Å². The molecule has 444 valence electrons. The van der Waals surface area contributed by atoms with Gasteiger partial charge < -0.3 is 101 Å². The van der Waals surface area contributed by atoms with Gasteiger partial charge in [-0.25, -0.2) is 0 Å². The van der Waals surface area contributed by atoms with Gasteiger partial charge in [-0.05, 0) is 65.0 Å². The largest absolute Gasteiger partial charge is 0.480 e. The number of carbonyl (C=O) groups excluding carboxylic acids is 11. The monoisotopic (exact) mass is 1130 g/mol. The summed E-state index contributed by atoms with van der Waals surface area (Å²) >= 11 is 0. The normalized spacial score (nSPS) is 16.1. The summed E-state index contributed by atoms with van der Waals surface area (Å²) in [5.41, 5.74) is 16.6. The lowest BCUT2D eigenvalue weighted by Gasteiger charge is -2.35. The molecule has 0 fully saturated rings. The average Bonchev–Trinajstić information content (AvgIpc) is 3.37. The van der Waals surface area contributed by atoms with Crippen molar-refractivity contribution in [3.63, 3.8) is 0 Å². The Morgan fingerprint density at radius 3 is 1.48 bits per heavy atom. The number of nitrogens with two attached hydrogens (primary N) is 3. The van der Waals surface area contributed by atoms with Crippen LogP contribution in [0.5, 0.6) is 0 Å². The molecule has 21 N–H and O–H groups in total. The number of benzene rings is 1. The fourth-order valence-corrected chi connectivity index (χ4v) is 7.47. The molecule has 31 heteroatoms. The van der Waals surface area contributed by atoms with E-state index in [0.29, 0.717) is 23.3 Å². The zero-order valence-corrected chi connectivity index (χ0v) is 45.1. The van der Waals surface area contributed by atoms with Crippen molar-refractivity contribution in [1.82, 2.24) is 52.8 Å². The number of hydrogen-bond donors (Lipinski definition) is 18. The van der Waals surface area contributed by atoms with Crippen LogP contribution in [0.15, 0.2) is 30.3 Å². The summed E-state index contributed by atoms with van der Waals surface area (Å²) in [7, 11) is 1.02. The van der Waals surface area contributed by atoms with Crippen molar-refractivity contribution in [1.29, 1.82) is 0 Å². The molecule has 0 unspecified atom stereocenters. The first-order chi connectivity index (χ1) is 36.9. The van der Waals surface area contributed by atoms with Gasteiger partial charge in [-0.1, -0.05) is 44.2 Å². The third-order valence-electron chi connectivity index (χ3n) is 11.9. The zero-order chi connectivity index (χ0) is 60.4. The molecule has 79 heavy (non-hydrogen) atoms. The fraction of sp³-hybridized carbons (Fsp3) is 0.625. The number of likely N-dealkylation sites (N-methyl/N-ethyl adjacent to an activating group) is 1. The Hall–Kier alpha value is -7.42. The highest BCUT2D eigenvalue weighted by Gasteiger charge is 2.41. The Balaban J connectivity index is 3.42. The number of rotatable bonds is 35. The van der Waals surface area contributed by atoms with Crippen molar-refractivity contribution >= 4 is 70.9 Å². The Kier molecular flexibility index (Phi) is 30.4. The van der Waals surface area contributed by atoms with E-state index in [9.17, 15) is 88.2 Å². The first kappa shape index (κ1) is 69.6. The highest BCUT2D eigenvalue weighted by Crippen LogP contribution is 2.13. The summed E-state index contributed by atoms with van der Waals surface area (Å²) in [5.74, 6) is -14.2. The highest BCUT2D eigenvalue weighted by molar-refractivity contribution is 6.00. The van der Waals surface area contributed by atoms with Gasteiger partial charge in [0.25, 0.3) is 0 Å². The van der Waals surface area contributed by atoms with E-state index in [1.54, 1.807) is 30.3 Å². The van der Waals surface area contributed by atoms with Crippen LogP contribution in [0.4, 0.5) is 0 Å². The Bertz CT molecular complexity index is 2260. The number of nitrogens with zero attached hydrogens (tertiary/aromatic N) is 1. The molecule has 1 aromatic rings. The number of aliphatic hydroxyl groups excluding tert-OH is 5. The minimum absolute atomic E-state index is 0.0399. The third-order valence-corrected chi connectivity index (χ3v) is 11.9. The van der Waals surface area contributed by atoms with Crippen molar-refractivity contribution in [3.8, 4) is 0 Å². The first-order valence-electron chi connectivity index (χ1n) is 25.2. The quantitative estimate of drug-likeness (QED) is 0.0281. The summed E-state index contributed by atoms with van der Waals surface area (Å²) in [6, 6.07) is -8.95. The van der Waals surface area contributed by atoms with Crippen molar-refractivity contribution in [2.45, 2.75) is 152 Å². The number of carbonyl (C=O) groups is 12. The Labute approximate surface area is 455 Å². The third kappa shape index (κ3) is 23.2. The van der Waals surface area contributed by atoms with Gasteiger partial charge in [-0.15, -0.1) is 0 Å². The van der Waals surface area contributed by atoms with E-state index in [0.717, 1.165) is 27.8 Å². The topological polar surface area (TPSA) is 516 Å². The minimum atomic E-state index is -1.99. The summed E-state index contributed by atoms with van der Waals surface area (Å²) < 4.78 is 0. The number of carboxylic acid groups (broad SMARTS) is 1. The lowest BCUT2D eigenvalue weighted by molar-refractivity contribution is -0.148. The Morgan fingerprint density at radius 2 is 0.987 bits per heavy atom. The van der Waals surface area contributed by atoms with E-state index in [1.165, 1.54) is 20.8 Å². The molecule has 1 rings (SSSR count). The molecule has 13 atom stereocenters. The van der Waals surface area contributed by atoms with Crippen LogP contribution in [0.1, 0.15) is 72.8 Å². The van der Waals surface area contributed by atoms with E-state index in [4.69, 9.17) is 17.2 Å². The number of nitrogens with one attached hydrogen (secondary N) is 9. The van der Waals surface area contributed by atoms with Crippen LogP contribution < -0.4 is 65.1 Å². The highest BCUT2D eigenvalue weighted by atomic mass is 16.4. The predicted molar refractivity (Wildman–Crippen MR) is 277 cm³/mol. The lowest BCUT2D eigenvalue weighted by Crippen LogP contribution is -2.64. The fourth-order valence-electron chi connectivity index (χ4n) is 7.47. The molecule has 0 aliphatic heterocycles. The van der Waals surface area contributed by atoms with Gasteiger partial charge in [0.1, 0.15) is 60.4 Å². The van der Waals surface area contributed by atoms with Crippen molar-refractivity contribution in [2.24, 2.45) is 23.1 Å². The van der Waals surface area contributed by atoms with E-state index in [2.05, 4.69) is 47.9 Å². The molecule has 0 radical (unpaired) electrons. The van der Waals surface area contributed by atoms with Crippen molar-refractivity contribution in [2.75, 3.05) is 33.4 Å². The minimum Gasteiger partial charge on any atom is -0.480 e. The van der Waals surface area contributed by atoms with E-state index in [1.807, 2.05) is 0 Å². The SMILES string of the molecule is CC(C)[C@H](NC(=O)[C@H]([C@@H](C)O)N(C)C(=O)[C@@H](NC(=O)[C@H](CO)NC(=O)[C@@H](NC(=O)[C@H](Cc1ccccc1)NC(=O)[C@H](CC(N)=O)NC(=O)[C@H](CO)NC(=O)CN)[C@@H](C)O)[C@@H](C)O)C(=O)N[C@@H](CCCCN)C(=O)N[C@@H](C)C(=O)O. The number of primary amides is 1. The van der Waals surface area contributed by atoms with Crippen molar-refractivity contribution < 1.29 is 88.2 Å². The van der Waals surface area contributed by atoms with Gasteiger partial charge in [0.15, 0.2) is 0 Å². The zero-order valence-electron chi connectivity index (χ0n) is 45.1. The van der Waals surface area contributed by atoms with Gasteiger partial charge in [0.2, 0.25) is 65.0 Å². The maximum Gasteiger partial charge on any atom is 0.325 e. The molecule has 0 aliphatic rings. The maximum atomic E-state index is 14.0. The average molecular weight is 1130 g/mol. The van der Waals surface area contributed by atoms with Crippen LogP contribution >= 0.6 is 0 Å². The number of amides is 11. The van der Waals surface area contributed by atoms with E-state index >= 15 is 0 Å². The molecule has 0 aliphatic carbocycles. The number of carboxylic acids is 1. The smallest absolute Gasteiger partial charge is 0.325 e. The van der Waals surface area contributed by atoms with Gasteiger partial charge in [-0.3, -0.25) is 57.5 Å². The van der Waals surface area contributed by atoms with Crippen LogP contribution in [0.2, 0.25) is 0 Å². The van der Waals surface area contributed by atoms with Crippen molar-refractivity contribution in [3.05, 3.63) is 35.9 Å². The molecule has 0 aromatic heterocycles. The molecular formula is C48H79N13O18. The molecule has 31 nitrogen and oxygen atoms in total. The Morgan fingerprint density at radius 1 is 0.532 bits per heavy atom. The maximum absolute atomic E-state index is 14.0. The first-order valence-corrected chi connectivity index (χ1v) is 25.2. The van der Waals surface area contributed by atoms with E-state index in [-0.39, 0.29) is 19.4 Å². The second-order valence-corrected chi connectivity index (χ2v) is 19.0. The molecule has 0 saturated heterocycles. The second kappa shape index (κ2) is 34.5. The van der Waals surface area contributed by atoms with Crippen LogP contribution in [0.3, 0.4) is 0 Å². The summed E-state index contributed by atoms with van der Waals surface area (Å²) in [6.45, 7) is 5.03. The molecule has 11 amide bonds. The number of hydrogen-bond acceptors (Lipinski definition) is 19. The predicted octanol–water partition coefficient (Wildman–Crippen LogP) is -8.73. The molecule has 0 bridgehead atoms. The van der Waals surface area contributed by atoms with Gasteiger partial charge >= 0.3 is 5.97 Å². The van der Waals surface area contributed by atoms with Crippen LogP contribution in [0, 0.1) is 5.92 Å². The van der Waals surface area contributed by atoms with Gasteiger partial charge in [0.05, 0.1) is 44.5 Å². The number of unbranched alkanes of at least 4 members (excludes halogenated alkanes) is 1. The van der Waals surface area contributed by atoms with Crippen LogP contribution in [-0.2, 0) is 64.0 Å². The van der Waals surface area contributed by atoms with Crippen LogP contribution in [-0.4, -0.2) is 219 Å². The molecule has 1 aromatic carbocycles. The molecule has 0 spiro atoms. The number of aliphatic hydroxyl groups is 5. The lowest BCUT2D eigenvalue weighted by atomic mass is 10.00. The molecule has 0 saturated carbocycles. The van der Waals surface area contributed by atoms with Gasteiger partial charge in [-0.2, -0.15) is 0 Å². The number of aliphatic carboxylic acids is 1. The molecule has 0 heterocycles. The summed E-state index contributed by atoms with van der Waals surface area (Å²) in [4.78, 5) is 158. The molecular weight excluding hydrogens is 1050 g/mol. The van der Waals surface area contributed by atoms with Gasteiger partial charge in [0, 0.05) is 13.5 Å². The second-order valence-electron chi connectivity index (χ2n) is 19.0. The van der Waals surface area contributed by atoms with E-state index < -0.39 is 182 Å².